The number of hydrogen-bond donors (Lipinski definition) is 0. The summed E-state index contributed by atoms with van der Waals surface area (Å²) in [5.41, 5.74) is 6.99. The number of fused-ring (bicyclic) bond motifs is 1. The fraction of sp³-hybridized carbons (Fsp3) is 0.421. The fourth-order valence-corrected chi connectivity index (χ4v) is 3.86. The average molecular weight is 265 g/mol. The minimum absolute atomic E-state index is 0.232. The van der Waals surface area contributed by atoms with Gasteiger partial charge in [-0.15, -0.1) is 0 Å². The molecule has 20 heavy (non-hydrogen) atoms. The Labute approximate surface area is 122 Å². The average Bonchev–Trinajstić information content (AvgIpc) is 2.55. The van der Waals surface area contributed by atoms with Crippen molar-refractivity contribution in [3.8, 4) is 11.3 Å². The van der Waals surface area contributed by atoms with E-state index < -0.39 is 0 Å². The predicted molar refractivity (Wildman–Crippen MR) is 85.1 cm³/mol. The molecule has 0 fully saturated rings. The van der Waals surface area contributed by atoms with Gasteiger partial charge < -0.3 is 0 Å². The quantitative estimate of drug-likeness (QED) is 0.706. The van der Waals surface area contributed by atoms with Gasteiger partial charge in [0.1, 0.15) is 0 Å². The minimum Gasteiger partial charge on any atom is -0.256 e. The van der Waals surface area contributed by atoms with Crippen LogP contribution in [0.4, 0.5) is 0 Å². The molecule has 3 rings (SSSR count). The zero-order valence-electron chi connectivity index (χ0n) is 13.1. The van der Waals surface area contributed by atoms with Gasteiger partial charge in [0.05, 0.1) is 5.69 Å². The molecule has 0 bridgehead atoms. The molecule has 0 N–H and O–H groups in total. The molecule has 1 aliphatic rings. The van der Waals surface area contributed by atoms with Crippen molar-refractivity contribution >= 4 is 0 Å². The minimum atomic E-state index is 0.232. The standard InChI is InChI=1S/C19H23N/c1-13-8-6-7-9-14(13)17-10-15-16(11-20-17)19(4,5)12-18(15,2)3/h6-11H,12H2,1-5H3. The van der Waals surface area contributed by atoms with E-state index in [-0.39, 0.29) is 10.8 Å². The largest absolute Gasteiger partial charge is 0.256 e. The van der Waals surface area contributed by atoms with Crippen molar-refractivity contribution in [3.05, 3.63) is 53.2 Å². The maximum absolute atomic E-state index is 4.74. The molecule has 1 heteroatoms. The monoisotopic (exact) mass is 265 g/mol. The van der Waals surface area contributed by atoms with Gasteiger partial charge in [-0.1, -0.05) is 52.0 Å². The molecular formula is C19H23N. The van der Waals surface area contributed by atoms with Crippen molar-refractivity contribution in [1.29, 1.82) is 0 Å². The predicted octanol–water partition coefficient (Wildman–Crippen LogP) is 5.02. The Bertz CT molecular complexity index is 665. The fourth-order valence-electron chi connectivity index (χ4n) is 3.86. The van der Waals surface area contributed by atoms with Crippen molar-refractivity contribution in [1.82, 2.24) is 4.98 Å². The number of benzene rings is 1. The van der Waals surface area contributed by atoms with E-state index in [1.165, 1.54) is 28.7 Å². The summed E-state index contributed by atoms with van der Waals surface area (Å²) in [5.74, 6) is 0. The first-order chi connectivity index (χ1) is 9.31. The van der Waals surface area contributed by atoms with Crippen molar-refractivity contribution in [2.45, 2.75) is 51.9 Å². The molecule has 0 saturated heterocycles. The molecule has 104 valence electrons. The molecule has 2 aromatic rings. The first-order valence-electron chi connectivity index (χ1n) is 7.38. The lowest BCUT2D eigenvalue weighted by atomic mass is 9.82. The number of rotatable bonds is 1. The van der Waals surface area contributed by atoms with Crippen LogP contribution < -0.4 is 0 Å². The number of aryl methyl sites for hydroxylation is 1. The van der Waals surface area contributed by atoms with Gasteiger partial charge in [0.15, 0.2) is 0 Å². The summed E-state index contributed by atoms with van der Waals surface area (Å²) < 4.78 is 0. The van der Waals surface area contributed by atoms with Crippen LogP contribution in [0.2, 0.25) is 0 Å². The Morgan fingerprint density at radius 2 is 1.60 bits per heavy atom. The molecule has 1 nitrogen and oxygen atoms in total. The first-order valence-corrected chi connectivity index (χ1v) is 7.38. The zero-order chi connectivity index (χ0) is 14.5. The first kappa shape index (κ1) is 13.4. The van der Waals surface area contributed by atoms with Crippen molar-refractivity contribution in [2.24, 2.45) is 0 Å². The van der Waals surface area contributed by atoms with Crippen LogP contribution in [0.5, 0.6) is 0 Å². The van der Waals surface area contributed by atoms with E-state index in [1.54, 1.807) is 0 Å². The van der Waals surface area contributed by atoms with Crippen LogP contribution in [0.25, 0.3) is 11.3 Å². The second kappa shape index (κ2) is 4.18. The number of aromatic nitrogens is 1. The smallest absolute Gasteiger partial charge is 0.0707 e. The number of hydrogen-bond acceptors (Lipinski definition) is 1. The van der Waals surface area contributed by atoms with E-state index in [9.17, 15) is 0 Å². The van der Waals surface area contributed by atoms with Crippen molar-refractivity contribution in [2.75, 3.05) is 0 Å². The highest BCUT2D eigenvalue weighted by Crippen LogP contribution is 2.49. The molecular weight excluding hydrogens is 242 g/mol. The summed E-state index contributed by atoms with van der Waals surface area (Å²) in [7, 11) is 0. The van der Waals surface area contributed by atoms with E-state index in [1.807, 2.05) is 0 Å². The third-order valence-electron chi connectivity index (χ3n) is 4.67. The molecule has 1 aliphatic carbocycles. The highest BCUT2D eigenvalue weighted by atomic mass is 14.7. The van der Waals surface area contributed by atoms with Gasteiger partial charge in [-0.3, -0.25) is 4.98 Å². The van der Waals surface area contributed by atoms with Gasteiger partial charge in [0.25, 0.3) is 0 Å². The third kappa shape index (κ3) is 1.96. The van der Waals surface area contributed by atoms with Crippen molar-refractivity contribution < 1.29 is 0 Å². The lowest BCUT2D eigenvalue weighted by molar-refractivity contribution is 0.403. The van der Waals surface area contributed by atoms with Gasteiger partial charge in [-0.25, -0.2) is 0 Å². The Balaban J connectivity index is 2.18. The molecule has 0 spiro atoms. The maximum Gasteiger partial charge on any atom is 0.0707 e. The van der Waals surface area contributed by atoms with Crippen molar-refractivity contribution in [3.63, 3.8) is 0 Å². The Morgan fingerprint density at radius 3 is 2.30 bits per heavy atom. The van der Waals surface area contributed by atoms with Crippen LogP contribution in [0, 0.1) is 6.92 Å². The normalized spacial score (nSPS) is 18.9. The van der Waals surface area contributed by atoms with Crippen LogP contribution in [-0.4, -0.2) is 4.98 Å². The summed E-state index contributed by atoms with van der Waals surface area (Å²) in [6.07, 6.45) is 3.29. The highest BCUT2D eigenvalue weighted by Gasteiger charge is 2.42. The van der Waals surface area contributed by atoms with E-state index in [0.29, 0.717) is 0 Å². The van der Waals surface area contributed by atoms with E-state index in [2.05, 4.69) is 71.1 Å². The second-order valence-electron chi connectivity index (χ2n) is 7.37. The molecule has 1 aromatic heterocycles. The lowest BCUT2D eigenvalue weighted by Gasteiger charge is -2.22. The van der Waals surface area contributed by atoms with Gasteiger partial charge in [-0.2, -0.15) is 0 Å². The molecule has 0 radical (unpaired) electrons. The van der Waals surface area contributed by atoms with Crippen LogP contribution >= 0.6 is 0 Å². The lowest BCUT2D eigenvalue weighted by Crippen LogP contribution is -2.17. The zero-order valence-corrected chi connectivity index (χ0v) is 13.1. The second-order valence-corrected chi connectivity index (χ2v) is 7.37. The van der Waals surface area contributed by atoms with Gasteiger partial charge in [0, 0.05) is 11.8 Å². The molecule has 1 aromatic carbocycles. The van der Waals surface area contributed by atoms with Crippen LogP contribution in [0.3, 0.4) is 0 Å². The molecule has 0 aliphatic heterocycles. The number of nitrogens with zero attached hydrogens (tertiary/aromatic N) is 1. The van der Waals surface area contributed by atoms with E-state index in [0.717, 1.165) is 5.69 Å². The van der Waals surface area contributed by atoms with Crippen LogP contribution in [-0.2, 0) is 10.8 Å². The molecule has 0 atom stereocenters. The van der Waals surface area contributed by atoms with Crippen LogP contribution in [0.1, 0.15) is 50.8 Å². The summed E-state index contributed by atoms with van der Waals surface area (Å²) >= 11 is 0. The summed E-state index contributed by atoms with van der Waals surface area (Å²) in [5, 5.41) is 0. The topological polar surface area (TPSA) is 12.9 Å². The molecule has 1 heterocycles. The summed E-state index contributed by atoms with van der Waals surface area (Å²) in [6.45, 7) is 11.5. The highest BCUT2D eigenvalue weighted by molar-refractivity contribution is 5.65. The molecule has 0 amide bonds. The molecule has 0 unspecified atom stereocenters. The van der Waals surface area contributed by atoms with E-state index >= 15 is 0 Å². The third-order valence-corrected chi connectivity index (χ3v) is 4.67. The van der Waals surface area contributed by atoms with Gasteiger partial charge >= 0.3 is 0 Å². The van der Waals surface area contributed by atoms with E-state index in [4.69, 9.17) is 4.98 Å². The Kier molecular flexibility index (Phi) is 2.79. The summed E-state index contributed by atoms with van der Waals surface area (Å²) in [6, 6.07) is 10.8. The van der Waals surface area contributed by atoms with Crippen LogP contribution in [0.15, 0.2) is 36.5 Å². The number of pyridine rings is 1. The maximum atomic E-state index is 4.74. The van der Waals surface area contributed by atoms with Gasteiger partial charge in [0.2, 0.25) is 0 Å². The molecule has 0 saturated carbocycles. The summed E-state index contributed by atoms with van der Waals surface area (Å²) in [4.78, 5) is 4.74. The Hall–Kier alpha value is -1.63. The Morgan fingerprint density at radius 1 is 0.950 bits per heavy atom. The SMILES string of the molecule is Cc1ccccc1-c1cc2c(cn1)C(C)(C)CC2(C)C. The van der Waals surface area contributed by atoms with Gasteiger partial charge in [-0.05, 0) is 46.9 Å².